The number of hydrogen-bond donors (Lipinski definition) is 1. The van der Waals surface area contributed by atoms with Crippen molar-refractivity contribution in [1.82, 2.24) is 5.32 Å². The van der Waals surface area contributed by atoms with E-state index in [1.807, 2.05) is 12.1 Å². The molecule has 0 bridgehead atoms. The molecular weight excluding hydrogens is 266 g/mol. The average molecular weight is 292 g/mol. The Labute approximate surface area is 128 Å². The molecule has 1 N–H and O–H groups in total. The molecule has 3 rings (SSSR count). The lowest BCUT2D eigenvalue weighted by molar-refractivity contribution is 0.0499. The molecule has 1 unspecified atom stereocenters. The van der Waals surface area contributed by atoms with Crippen LogP contribution >= 0.6 is 11.6 Å². The minimum absolute atomic E-state index is 0.478. The molecule has 1 spiro atoms. The number of hydrogen-bond acceptors (Lipinski definition) is 1. The molecule has 1 heterocycles. The second kappa shape index (κ2) is 5.35. The SMILES string of the molecule is CC1(C)CCC2(CCNCC2c2ccccc2Cl)CC1. The van der Waals surface area contributed by atoms with Gasteiger partial charge in [0.05, 0.1) is 0 Å². The Hall–Kier alpha value is -0.530. The van der Waals surface area contributed by atoms with Crippen LogP contribution in [0, 0.1) is 10.8 Å². The topological polar surface area (TPSA) is 12.0 Å². The molecule has 1 aromatic carbocycles. The number of benzene rings is 1. The van der Waals surface area contributed by atoms with Gasteiger partial charge in [0, 0.05) is 17.5 Å². The molecule has 1 atom stereocenters. The predicted molar refractivity (Wildman–Crippen MR) is 86.4 cm³/mol. The molecule has 2 heteroatoms. The van der Waals surface area contributed by atoms with E-state index in [2.05, 4.69) is 31.3 Å². The Bertz CT molecular complexity index is 470. The van der Waals surface area contributed by atoms with Gasteiger partial charge in [-0.15, -0.1) is 0 Å². The Morgan fingerprint density at radius 2 is 1.75 bits per heavy atom. The molecule has 0 aromatic heterocycles. The number of piperidine rings is 1. The second-order valence-electron chi connectivity index (χ2n) is 7.55. The molecule has 0 amide bonds. The van der Waals surface area contributed by atoms with Gasteiger partial charge in [0.15, 0.2) is 0 Å². The minimum Gasteiger partial charge on any atom is -0.316 e. The van der Waals surface area contributed by atoms with Crippen molar-refractivity contribution in [2.75, 3.05) is 13.1 Å². The van der Waals surface area contributed by atoms with Gasteiger partial charge in [0.25, 0.3) is 0 Å². The van der Waals surface area contributed by atoms with Gasteiger partial charge in [-0.1, -0.05) is 43.6 Å². The Balaban J connectivity index is 1.90. The molecule has 110 valence electrons. The third kappa shape index (κ3) is 2.63. The third-order valence-electron chi connectivity index (χ3n) is 5.77. The maximum absolute atomic E-state index is 6.49. The third-order valence-corrected chi connectivity index (χ3v) is 6.11. The fourth-order valence-corrected chi connectivity index (χ4v) is 4.46. The summed E-state index contributed by atoms with van der Waals surface area (Å²) in [6, 6.07) is 8.46. The first-order chi connectivity index (χ1) is 9.53. The maximum Gasteiger partial charge on any atom is 0.0441 e. The van der Waals surface area contributed by atoms with E-state index in [0.29, 0.717) is 16.7 Å². The molecule has 2 fully saturated rings. The monoisotopic (exact) mass is 291 g/mol. The van der Waals surface area contributed by atoms with Gasteiger partial charge in [0.1, 0.15) is 0 Å². The first kappa shape index (κ1) is 14.4. The van der Waals surface area contributed by atoms with Gasteiger partial charge in [-0.05, 0) is 61.1 Å². The van der Waals surface area contributed by atoms with Crippen LogP contribution in [-0.4, -0.2) is 13.1 Å². The fraction of sp³-hybridized carbons (Fsp3) is 0.667. The van der Waals surface area contributed by atoms with Crippen LogP contribution in [0.2, 0.25) is 5.02 Å². The summed E-state index contributed by atoms with van der Waals surface area (Å²) in [5.41, 5.74) is 2.37. The van der Waals surface area contributed by atoms with Crippen LogP contribution in [0.1, 0.15) is 57.4 Å². The summed E-state index contributed by atoms with van der Waals surface area (Å²) in [5.74, 6) is 0.584. The van der Waals surface area contributed by atoms with Gasteiger partial charge >= 0.3 is 0 Å². The second-order valence-corrected chi connectivity index (χ2v) is 7.96. The number of rotatable bonds is 1. The summed E-state index contributed by atoms with van der Waals surface area (Å²) in [6.45, 7) is 7.10. The zero-order valence-electron chi connectivity index (χ0n) is 12.7. The fourth-order valence-electron chi connectivity index (χ4n) is 4.20. The Morgan fingerprint density at radius 3 is 2.45 bits per heavy atom. The van der Waals surface area contributed by atoms with Crippen molar-refractivity contribution in [3.05, 3.63) is 34.9 Å². The van der Waals surface area contributed by atoms with Gasteiger partial charge in [-0.2, -0.15) is 0 Å². The zero-order valence-corrected chi connectivity index (χ0v) is 13.5. The van der Waals surface area contributed by atoms with Gasteiger partial charge in [0.2, 0.25) is 0 Å². The molecule has 1 nitrogen and oxygen atoms in total. The molecule has 1 saturated heterocycles. The highest BCUT2D eigenvalue weighted by atomic mass is 35.5. The molecule has 0 radical (unpaired) electrons. The highest BCUT2D eigenvalue weighted by Crippen LogP contribution is 2.55. The van der Waals surface area contributed by atoms with Gasteiger partial charge in [-0.3, -0.25) is 0 Å². The van der Waals surface area contributed by atoms with Gasteiger partial charge in [-0.25, -0.2) is 0 Å². The van der Waals surface area contributed by atoms with Crippen LogP contribution in [0.3, 0.4) is 0 Å². The van der Waals surface area contributed by atoms with Crippen molar-refractivity contribution in [3.8, 4) is 0 Å². The van der Waals surface area contributed by atoms with Crippen molar-refractivity contribution < 1.29 is 0 Å². The maximum atomic E-state index is 6.49. The molecule has 20 heavy (non-hydrogen) atoms. The van der Waals surface area contributed by atoms with Crippen LogP contribution in [0.5, 0.6) is 0 Å². The van der Waals surface area contributed by atoms with Crippen LogP contribution in [0.4, 0.5) is 0 Å². The van der Waals surface area contributed by atoms with Crippen LogP contribution < -0.4 is 5.32 Å². The highest BCUT2D eigenvalue weighted by Gasteiger charge is 2.45. The lowest BCUT2D eigenvalue weighted by Gasteiger charge is -2.51. The van der Waals surface area contributed by atoms with E-state index in [1.54, 1.807) is 0 Å². The summed E-state index contributed by atoms with van der Waals surface area (Å²) >= 11 is 6.49. The van der Waals surface area contributed by atoms with E-state index in [1.165, 1.54) is 44.2 Å². The lowest BCUT2D eigenvalue weighted by Crippen LogP contribution is -2.46. The standard InChI is InChI=1S/C18H26ClN/c1-17(2)7-9-18(10-8-17)11-12-20-13-15(18)14-5-3-4-6-16(14)19/h3-6,15,20H,7-13H2,1-2H3. The minimum atomic E-state index is 0.478. The predicted octanol–water partition coefficient (Wildman–Crippen LogP) is 5.00. The number of halogens is 1. The van der Waals surface area contributed by atoms with E-state index in [4.69, 9.17) is 11.6 Å². The Morgan fingerprint density at radius 1 is 1.05 bits per heavy atom. The normalized spacial score (nSPS) is 28.4. The zero-order chi connectivity index (χ0) is 14.2. The summed E-state index contributed by atoms with van der Waals surface area (Å²) in [5, 5.41) is 4.54. The molecule has 2 aliphatic rings. The quantitative estimate of drug-likeness (QED) is 0.767. The number of nitrogens with one attached hydrogen (secondary N) is 1. The van der Waals surface area contributed by atoms with Crippen molar-refractivity contribution in [2.24, 2.45) is 10.8 Å². The van der Waals surface area contributed by atoms with Crippen molar-refractivity contribution in [1.29, 1.82) is 0 Å². The van der Waals surface area contributed by atoms with Crippen LogP contribution in [-0.2, 0) is 0 Å². The Kier molecular flexibility index (Phi) is 3.85. The van der Waals surface area contributed by atoms with Crippen molar-refractivity contribution >= 4 is 11.6 Å². The summed E-state index contributed by atoms with van der Waals surface area (Å²) in [4.78, 5) is 0. The molecule has 1 saturated carbocycles. The molecule has 1 aromatic rings. The van der Waals surface area contributed by atoms with Crippen molar-refractivity contribution in [2.45, 2.75) is 51.9 Å². The molecule has 1 aliphatic carbocycles. The van der Waals surface area contributed by atoms with E-state index in [0.717, 1.165) is 11.6 Å². The van der Waals surface area contributed by atoms with E-state index >= 15 is 0 Å². The highest BCUT2D eigenvalue weighted by molar-refractivity contribution is 6.31. The summed E-state index contributed by atoms with van der Waals surface area (Å²) in [7, 11) is 0. The van der Waals surface area contributed by atoms with Crippen LogP contribution in [0.25, 0.3) is 0 Å². The first-order valence-corrected chi connectivity index (χ1v) is 8.35. The van der Waals surface area contributed by atoms with E-state index in [9.17, 15) is 0 Å². The molecular formula is C18H26ClN. The lowest BCUT2D eigenvalue weighted by atomic mass is 9.56. The van der Waals surface area contributed by atoms with Gasteiger partial charge < -0.3 is 5.32 Å². The summed E-state index contributed by atoms with van der Waals surface area (Å²) in [6.07, 6.45) is 6.73. The summed E-state index contributed by atoms with van der Waals surface area (Å²) < 4.78 is 0. The molecule has 1 aliphatic heterocycles. The van der Waals surface area contributed by atoms with Crippen LogP contribution in [0.15, 0.2) is 24.3 Å². The van der Waals surface area contributed by atoms with E-state index in [-0.39, 0.29) is 0 Å². The van der Waals surface area contributed by atoms with E-state index < -0.39 is 0 Å². The largest absolute Gasteiger partial charge is 0.316 e. The smallest absolute Gasteiger partial charge is 0.0441 e. The van der Waals surface area contributed by atoms with Crippen molar-refractivity contribution in [3.63, 3.8) is 0 Å². The first-order valence-electron chi connectivity index (χ1n) is 7.98. The average Bonchev–Trinajstić information content (AvgIpc) is 2.44.